The van der Waals surface area contributed by atoms with Crippen LogP contribution in [0.5, 0.6) is 0 Å². The topological polar surface area (TPSA) is 52.3 Å². The molecule has 1 aromatic carbocycles. The lowest BCUT2D eigenvalue weighted by molar-refractivity contribution is -0.219. The van der Waals surface area contributed by atoms with E-state index >= 15 is 0 Å². The van der Waals surface area contributed by atoms with Crippen molar-refractivity contribution in [2.45, 2.75) is 38.1 Å². The van der Waals surface area contributed by atoms with Crippen LogP contribution < -0.4 is 5.73 Å². The van der Waals surface area contributed by atoms with Crippen molar-refractivity contribution in [2.75, 3.05) is 0 Å². The van der Waals surface area contributed by atoms with E-state index < -0.39 is 41.6 Å². The molecule has 0 radical (unpaired) electrons. The normalized spacial score (nSPS) is 15.3. The van der Waals surface area contributed by atoms with Crippen molar-refractivity contribution in [1.29, 1.82) is 0 Å². The number of ether oxygens (including phenoxy) is 1. The highest BCUT2D eigenvalue weighted by Gasteiger charge is 2.48. The maximum absolute atomic E-state index is 14.1. The van der Waals surface area contributed by atoms with Gasteiger partial charge in [-0.3, -0.25) is 0 Å². The van der Waals surface area contributed by atoms with Crippen LogP contribution in [0.4, 0.5) is 26.3 Å². The highest BCUT2D eigenvalue weighted by Crippen LogP contribution is 2.37. The number of halogens is 6. The number of alkyl halides is 5. The number of carbonyl (C=O) groups excluding carboxylic acids is 1. The first kappa shape index (κ1) is 18.3. The zero-order valence-electron chi connectivity index (χ0n) is 11.5. The second-order valence-electron chi connectivity index (χ2n) is 4.67. The molecule has 1 aromatic rings. The summed E-state index contributed by atoms with van der Waals surface area (Å²) in [6, 6.07) is 2.05. The Kier molecular flexibility index (Phi) is 5.11. The molecule has 9 heteroatoms. The number of benzene rings is 1. The average Bonchev–Trinajstić information content (AvgIpc) is 2.36. The van der Waals surface area contributed by atoms with Gasteiger partial charge in [0.1, 0.15) is 5.82 Å². The van der Waals surface area contributed by atoms with Crippen LogP contribution in [0.15, 0.2) is 18.2 Å². The van der Waals surface area contributed by atoms with E-state index in [2.05, 4.69) is 4.74 Å². The standard InChI is InChI=1S/C13H13F6NO2/c1-6(20)8-4-3-5-9(10(8)14)12(15,16)7(2)22-11(21)13(17,18)19/h3-7H,20H2,1-2H3/t6-,7?/m1/s1. The summed E-state index contributed by atoms with van der Waals surface area (Å²) in [5, 5.41) is 0. The number of rotatable bonds is 4. The molecule has 0 aliphatic rings. The third kappa shape index (κ3) is 3.70. The van der Waals surface area contributed by atoms with Crippen LogP contribution >= 0.6 is 0 Å². The second-order valence-corrected chi connectivity index (χ2v) is 4.67. The van der Waals surface area contributed by atoms with Crippen molar-refractivity contribution in [3.63, 3.8) is 0 Å². The molecule has 22 heavy (non-hydrogen) atoms. The summed E-state index contributed by atoms with van der Waals surface area (Å²) >= 11 is 0. The summed E-state index contributed by atoms with van der Waals surface area (Å²) in [7, 11) is 0. The highest BCUT2D eigenvalue weighted by molar-refractivity contribution is 5.75. The molecule has 0 heterocycles. The largest absolute Gasteiger partial charge is 0.490 e. The zero-order valence-corrected chi connectivity index (χ0v) is 11.5. The Labute approximate surface area is 122 Å². The fourth-order valence-electron chi connectivity index (χ4n) is 1.68. The van der Waals surface area contributed by atoms with Gasteiger partial charge in [-0.15, -0.1) is 0 Å². The van der Waals surface area contributed by atoms with E-state index in [0.29, 0.717) is 13.0 Å². The van der Waals surface area contributed by atoms with Gasteiger partial charge in [-0.05, 0) is 19.9 Å². The molecule has 0 saturated heterocycles. The third-order valence-electron chi connectivity index (χ3n) is 2.90. The minimum Gasteiger partial charge on any atom is -0.449 e. The SMILES string of the molecule is CC(OC(=O)C(F)(F)F)C(F)(F)c1cccc([C@@H](C)N)c1F. The first-order valence-corrected chi connectivity index (χ1v) is 6.09. The maximum atomic E-state index is 14.1. The molecular formula is C13H13F6NO2. The number of esters is 1. The molecule has 0 aliphatic heterocycles. The summed E-state index contributed by atoms with van der Waals surface area (Å²) in [6.07, 6.45) is -7.93. The molecule has 1 rings (SSSR count). The fraction of sp³-hybridized carbons (Fsp3) is 0.462. The lowest BCUT2D eigenvalue weighted by Crippen LogP contribution is -2.38. The molecule has 0 saturated carbocycles. The molecule has 2 N–H and O–H groups in total. The van der Waals surface area contributed by atoms with Crippen molar-refractivity contribution in [2.24, 2.45) is 5.73 Å². The van der Waals surface area contributed by atoms with Crippen LogP contribution in [-0.2, 0) is 15.5 Å². The number of hydrogen-bond donors (Lipinski definition) is 1. The Bertz CT molecular complexity index is 556. The summed E-state index contributed by atoms with van der Waals surface area (Å²) in [5.41, 5.74) is 4.00. The van der Waals surface area contributed by atoms with Crippen molar-refractivity contribution < 1.29 is 35.9 Å². The molecular weight excluding hydrogens is 316 g/mol. The molecule has 3 nitrogen and oxygen atoms in total. The van der Waals surface area contributed by atoms with Crippen molar-refractivity contribution in [1.82, 2.24) is 0 Å². The molecule has 124 valence electrons. The third-order valence-corrected chi connectivity index (χ3v) is 2.90. The Morgan fingerprint density at radius 1 is 1.18 bits per heavy atom. The highest BCUT2D eigenvalue weighted by atomic mass is 19.4. The van der Waals surface area contributed by atoms with Crippen molar-refractivity contribution in [3.05, 3.63) is 35.1 Å². The van der Waals surface area contributed by atoms with Gasteiger partial charge in [-0.2, -0.15) is 22.0 Å². The van der Waals surface area contributed by atoms with Gasteiger partial charge in [0.2, 0.25) is 0 Å². The van der Waals surface area contributed by atoms with E-state index in [0.717, 1.165) is 6.07 Å². The van der Waals surface area contributed by atoms with E-state index in [1.54, 1.807) is 0 Å². The van der Waals surface area contributed by atoms with Gasteiger partial charge < -0.3 is 10.5 Å². The fourth-order valence-corrected chi connectivity index (χ4v) is 1.68. The smallest absolute Gasteiger partial charge is 0.449 e. The van der Waals surface area contributed by atoms with Crippen LogP contribution in [0.25, 0.3) is 0 Å². The number of carbonyl (C=O) groups is 1. The minimum atomic E-state index is -5.42. The van der Waals surface area contributed by atoms with Gasteiger partial charge in [0.25, 0.3) is 0 Å². The average molecular weight is 329 g/mol. The molecule has 0 aliphatic carbocycles. The molecule has 0 fully saturated rings. The number of hydrogen-bond acceptors (Lipinski definition) is 3. The molecule has 2 atom stereocenters. The predicted molar refractivity (Wildman–Crippen MR) is 64.5 cm³/mol. The van der Waals surface area contributed by atoms with Crippen LogP contribution in [-0.4, -0.2) is 18.2 Å². The van der Waals surface area contributed by atoms with E-state index in [4.69, 9.17) is 5.73 Å². The van der Waals surface area contributed by atoms with Gasteiger partial charge in [0, 0.05) is 11.6 Å². The van der Waals surface area contributed by atoms with E-state index in [9.17, 15) is 31.1 Å². The van der Waals surface area contributed by atoms with Crippen LogP contribution in [0.1, 0.15) is 31.0 Å². The molecule has 0 bridgehead atoms. The van der Waals surface area contributed by atoms with E-state index in [1.165, 1.54) is 13.0 Å². The van der Waals surface area contributed by atoms with Crippen LogP contribution in [0, 0.1) is 5.82 Å². The zero-order chi connectivity index (χ0) is 17.3. The Hall–Kier alpha value is -1.77. The summed E-state index contributed by atoms with van der Waals surface area (Å²) in [4.78, 5) is 10.6. The minimum absolute atomic E-state index is 0.230. The van der Waals surface area contributed by atoms with Gasteiger partial charge >= 0.3 is 18.1 Å². The molecule has 1 unspecified atom stereocenters. The van der Waals surface area contributed by atoms with E-state index in [1.807, 2.05) is 0 Å². The number of nitrogens with two attached hydrogens (primary N) is 1. The van der Waals surface area contributed by atoms with Gasteiger partial charge in [0.05, 0.1) is 5.56 Å². The predicted octanol–water partition coefficient (Wildman–Crippen LogP) is 3.43. The first-order valence-electron chi connectivity index (χ1n) is 6.09. The quantitative estimate of drug-likeness (QED) is 0.680. The maximum Gasteiger partial charge on any atom is 0.490 e. The van der Waals surface area contributed by atoms with Crippen LogP contribution in [0.2, 0.25) is 0 Å². The summed E-state index contributed by atoms with van der Waals surface area (Å²) < 4.78 is 82.0. The summed E-state index contributed by atoms with van der Waals surface area (Å²) in [6.45, 7) is 1.90. The molecule has 0 amide bonds. The molecule has 0 spiro atoms. The monoisotopic (exact) mass is 329 g/mol. The van der Waals surface area contributed by atoms with Gasteiger partial charge in [-0.1, -0.05) is 12.1 Å². The molecule has 0 aromatic heterocycles. The Balaban J connectivity index is 3.14. The second kappa shape index (κ2) is 6.15. The van der Waals surface area contributed by atoms with Gasteiger partial charge in [0.15, 0.2) is 6.10 Å². The Morgan fingerprint density at radius 2 is 1.73 bits per heavy atom. The van der Waals surface area contributed by atoms with E-state index in [-0.39, 0.29) is 5.56 Å². The van der Waals surface area contributed by atoms with Gasteiger partial charge in [-0.25, -0.2) is 9.18 Å². The van der Waals surface area contributed by atoms with Crippen molar-refractivity contribution in [3.8, 4) is 0 Å². The first-order chi connectivity index (χ1) is 9.89. The van der Waals surface area contributed by atoms with Crippen molar-refractivity contribution >= 4 is 5.97 Å². The Morgan fingerprint density at radius 3 is 2.18 bits per heavy atom. The summed E-state index contributed by atoms with van der Waals surface area (Å²) in [5.74, 6) is -8.28. The lowest BCUT2D eigenvalue weighted by Gasteiger charge is -2.25. The lowest BCUT2D eigenvalue weighted by atomic mass is 9.98. The van der Waals surface area contributed by atoms with Crippen LogP contribution in [0.3, 0.4) is 0 Å².